The van der Waals surface area contributed by atoms with Crippen molar-refractivity contribution < 1.29 is 19.5 Å². The van der Waals surface area contributed by atoms with Gasteiger partial charge in [-0.2, -0.15) is 0 Å². The maximum absolute atomic E-state index is 11.5. The van der Waals surface area contributed by atoms with Crippen LogP contribution in [-0.2, 0) is 16.0 Å². The summed E-state index contributed by atoms with van der Waals surface area (Å²) in [6, 6.07) is 7.60. The molecule has 1 atom stereocenters. The molecular formula is C13H14N2O4. The van der Waals surface area contributed by atoms with Gasteiger partial charge in [-0.05, 0) is 18.4 Å². The van der Waals surface area contributed by atoms with Crippen molar-refractivity contribution in [2.75, 3.05) is 6.54 Å². The van der Waals surface area contributed by atoms with E-state index < -0.39 is 23.9 Å². The number of carboxylic acid groups (broad SMARTS) is 1. The summed E-state index contributed by atoms with van der Waals surface area (Å²) in [6.45, 7) is -0.131. The maximum atomic E-state index is 11.5. The largest absolute Gasteiger partial charge is 0.480 e. The number of hydrogen-bond acceptors (Lipinski definition) is 3. The van der Waals surface area contributed by atoms with E-state index in [-0.39, 0.29) is 13.0 Å². The number of rotatable bonds is 5. The van der Waals surface area contributed by atoms with Crippen LogP contribution in [0.15, 0.2) is 30.3 Å². The van der Waals surface area contributed by atoms with E-state index in [0.29, 0.717) is 6.42 Å². The first-order chi connectivity index (χ1) is 9.09. The number of nitrogens with one attached hydrogen (secondary N) is 1. The quantitative estimate of drug-likeness (QED) is 0.762. The standard InChI is InChI=1S/C13H14N2O4/c16-11-8-14-13(19)15(11)10(12(17)18)7-6-9-4-2-1-3-5-9/h1-5,10H,6-8H2,(H,14,19)(H,17,18). The average molecular weight is 262 g/mol. The molecule has 0 radical (unpaired) electrons. The van der Waals surface area contributed by atoms with Crippen molar-refractivity contribution >= 4 is 17.9 Å². The monoisotopic (exact) mass is 262 g/mol. The van der Waals surface area contributed by atoms with Crippen LogP contribution in [0.1, 0.15) is 12.0 Å². The van der Waals surface area contributed by atoms with Crippen molar-refractivity contribution in [1.29, 1.82) is 0 Å². The molecule has 6 heteroatoms. The number of urea groups is 1. The molecule has 100 valence electrons. The molecule has 1 aliphatic rings. The predicted octanol–water partition coefficient (Wildman–Crippen LogP) is 0.624. The lowest BCUT2D eigenvalue weighted by molar-refractivity contribution is -0.146. The molecule has 2 N–H and O–H groups in total. The Morgan fingerprint density at radius 1 is 1.32 bits per heavy atom. The number of amides is 3. The molecule has 1 aromatic carbocycles. The second kappa shape index (κ2) is 5.51. The SMILES string of the molecule is O=C(O)C(CCc1ccccc1)N1C(=O)CNC1=O. The molecular weight excluding hydrogens is 248 g/mol. The normalized spacial score (nSPS) is 16.3. The second-order valence-corrected chi connectivity index (χ2v) is 4.30. The molecule has 1 fully saturated rings. The van der Waals surface area contributed by atoms with Crippen LogP contribution >= 0.6 is 0 Å². The molecule has 3 amide bonds. The van der Waals surface area contributed by atoms with Crippen molar-refractivity contribution in [2.45, 2.75) is 18.9 Å². The van der Waals surface area contributed by atoms with Gasteiger partial charge >= 0.3 is 12.0 Å². The third-order valence-corrected chi connectivity index (χ3v) is 3.02. The molecule has 1 saturated heterocycles. The predicted molar refractivity (Wildman–Crippen MR) is 66.4 cm³/mol. The van der Waals surface area contributed by atoms with Crippen LogP contribution < -0.4 is 5.32 Å². The van der Waals surface area contributed by atoms with Gasteiger partial charge in [0.1, 0.15) is 6.04 Å². The van der Waals surface area contributed by atoms with Crippen molar-refractivity contribution in [3.8, 4) is 0 Å². The van der Waals surface area contributed by atoms with Crippen LogP contribution in [0.3, 0.4) is 0 Å². The molecule has 1 heterocycles. The van der Waals surface area contributed by atoms with Gasteiger partial charge in [0.2, 0.25) is 0 Å². The first-order valence-corrected chi connectivity index (χ1v) is 5.96. The van der Waals surface area contributed by atoms with Crippen molar-refractivity contribution in [3.63, 3.8) is 0 Å². The zero-order chi connectivity index (χ0) is 13.8. The summed E-state index contributed by atoms with van der Waals surface area (Å²) in [4.78, 5) is 35.0. The summed E-state index contributed by atoms with van der Waals surface area (Å²) < 4.78 is 0. The van der Waals surface area contributed by atoms with Crippen molar-refractivity contribution in [2.24, 2.45) is 0 Å². The van der Waals surface area contributed by atoms with E-state index in [1.807, 2.05) is 30.3 Å². The molecule has 2 rings (SSSR count). The fraction of sp³-hybridized carbons (Fsp3) is 0.308. The Balaban J connectivity index is 2.07. The van der Waals surface area contributed by atoms with Gasteiger partial charge in [-0.15, -0.1) is 0 Å². The van der Waals surface area contributed by atoms with Crippen molar-refractivity contribution in [3.05, 3.63) is 35.9 Å². The second-order valence-electron chi connectivity index (χ2n) is 4.30. The lowest BCUT2D eigenvalue weighted by atomic mass is 10.0. The first-order valence-electron chi connectivity index (χ1n) is 5.96. The smallest absolute Gasteiger partial charge is 0.327 e. The number of imide groups is 1. The topological polar surface area (TPSA) is 86.7 Å². The molecule has 19 heavy (non-hydrogen) atoms. The molecule has 0 aromatic heterocycles. The van der Waals surface area contributed by atoms with Gasteiger partial charge in [-0.3, -0.25) is 4.79 Å². The Hall–Kier alpha value is -2.37. The molecule has 1 aliphatic heterocycles. The van der Waals surface area contributed by atoms with Gasteiger partial charge in [-0.25, -0.2) is 14.5 Å². The van der Waals surface area contributed by atoms with E-state index in [4.69, 9.17) is 0 Å². The number of nitrogens with zero attached hydrogens (tertiary/aromatic N) is 1. The van der Waals surface area contributed by atoms with Gasteiger partial charge in [-0.1, -0.05) is 30.3 Å². The molecule has 0 aliphatic carbocycles. The third kappa shape index (κ3) is 2.90. The highest BCUT2D eigenvalue weighted by atomic mass is 16.4. The van der Waals surface area contributed by atoms with Gasteiger partial charge in [0.05, 0.1) is 6.54 Å². The Bertz CT molecular complexity index is 485. The van der Waals surface area contributed by atoms with Crippen LogP contribution in [0.5, 0.6) is 0 Å². The van der Waals surface area contributed by atoms with Crippen LogP contribution in [0.2, 0.25) is 0 Å². The molecule has 0 spiro atoms. The molecule has 1 aromatic rings. The molecule has 1 unspecified atom stereocenters. The molecule has 0 bridgehead atoms. The van der Waals surface area contributed by atoms with E-state index in [2.05, 4.69) is 5.32 Å². The number of carboxylic acids is 1. The third-order valence-electron chi connectivity index (χ3n) is 3.02. The number of aryl methyl sites for hydroxylation is 1. The number of carbonyl (C=O) groups is 3. The van der Waals surface area contributed by atoms with Gasteiger partial charge < -0.3 is 10.4 Å². The fourth-order valence-corrected chi connectivity index (χ4v) is 2.06. The van der Waals surface area contributed by atoms with Crippen LogP contribution in [-0.4, -0.2) is 40.5 Å². The Morgan fingerprint density at radius 2 is 2.00 bits per heavy atom. The van der Waals surface area contributed by atoms with Crippen molar-refractivity contribution in [1.82, 2.24) is 10.2 Å². The summed E-state index contributed by atoms with van der Waals surface area (Å²) in [6.07, 6.45) is 0.702. The van der Waals surface area contributed by atoms with E-state index in [1.54, 1.807) is 0 Å². The number of carbonyl (C=O) groups excluding carboxylic acids is 2. The molecule has 0 saturated carbocycles. The van der Waals surface area contributed by atoms with E-state index in [0.717, 1.165) is 10.5 Å². The maximum Gasteiger partial charge on any atom is 0.327 e. The van der Waals surface area contributed by atoms with Gasteiger partial charge in [0.25, 0.3) is 5.91 Å². The van der Waals surface area contributed by atoms with E-state index in [9.17, 15) is 19.5 Å². The highest BCUT2D eigenvalue weighted by Gasteiger charge is 2.38. The lowest BCUT2D eigenvalue weighted by Crippen LogP contribution is -2.45. The molecule has 6 nitrogen and oxygen atoms in total. The summed E-state index contributed by atoms with van der Waals surface area (Å²) >= 11 is 0. The minimum atomic E-state index is -1.17. The van der Waals surface area contributed by atoms with E-state index in [1.165, 1.54) is 0 Å². The zero-order valence-corrected chi connectivity index (χ0v) is 10.2. The van der Waals surface area contributed by atoms with Crippen LogP contribution in [0.4, 0.5) is 4.79 Å². The summed E-state index contributed by atoms with van der Waals surface area (Å²) in [5, 5.41) is 11.5. The zero-order valence-electron chi connectivity index (χ0n) is 10.2. The Labute approximate surface area is 110 Å². The van der Waals surface area contributed by atoms with E-state index >= 15 is 0 Å². The summed E-state index contributed by atoms with van der Waals surface area (Å²) in [5.74, 6) is -1.66. The minimum Gasteiger partial charge on any atom is -0.480 e. The number of aliphatic carboxylic acids is 1. The average Bonchev–Trinajstić information content (AvgIpc) is 2.72. The Morgan fingerprint density at radius 3 is 2.53 bits per heavy atom. The number of benzene rings is 1. The lowest BCUT2D eigenvalue weighted by Gasteiger charge is -2.21. The van der Waals surface area contributed by atoms with Crippen LogP contribution in [0, 0.1) is 0 Å². The first kappa shape index (κ1) is 13.1. The Kier molecular flexibility index (Phi) is 3.79. The summed E-state index contributed by atoms with van der Waals surface area (Å²) in [7, 11) is 0. The van der Waals surface area contributed by atoms with Gasteiger partial charge in [0, 0.05) is 0 Å². The highest BCUT2D eigenvalue weighted by molar-refractivity contribution is 6.04. The highest BCUT2D eigenvalue weighted by Crippen LogP contribution is 2.13. The minimum absolute atomic E-state index is 0.131. The number of hydrogen-bond donors (Lipinski definition) is 2. The summed E-state index contributed by atoms with van der Waals surface area (Å²) in [5.41, 5.74) is 0.973. The van der Waals surface area contributed by atoms with Gasteiger partial charge in [0.15, 0.2) is 0 Å². The van der Waals surface area contributed by atoms with Crippen LogP contribution in [0.25, 0.3) is 0 Å². The fourth-order valence-electron chi connectivity index (χ4n) is 2.06.